The molecule has 136 valence electrons. The molecule has 0 radical (unpaired) electrons. The van der Waals surface area contributed by atoms with E-state index in [1.807, 2.05) is 12.3 Å². The minimum atomic E-state index is -0.167. The van der Waals surface area contributed by atoms with Gasteiger partial charge in [-0.3, -0.25) is 14.3 Å². The summed E-state index contributed by atoms with van der Waals surface area (Å²) in [4.78, 5) is 26.4. The molecule has 2 heterocycles. The van der Waals surface area contributed by atoms with Gasteiger partial charge in [0.2, 0.25) is 5.91 Å². The highest BCUT2D eigenvalue weighted by atomic mass is 16.2. The number of amides is 2. The van der Waals surface area contributed by atoms with Gasteiger partial charge in [-0.2, -0.15) is 0 Å². The van der Waals surface area contributed by atoms with E-state index in [1.165, 1.54) is 6.08 Å². The molecular weight excluding hydrogens is 330 g/mol. The molecule has 0 saturated carbocycles. The second kappa shape index (κ2) is 7.95. The number of carbonyl (C=O) groups is 2. The third-order valence-corrected chi connectivity index (χ3v) is 4.40. The minimum Gasteiger partial charge on any atom is -0.346 e. The number of hydrogen-bond donors (Lipinski definition) is 1. The van der Waals surface area contributed by atoms with E-state index >= 15 is 0 Å². The Labute approximate surface area is 152 Å². The zero-order valence-corrected chi connectivity index (χ0v) is 14.9. The highest BCUT2D eigenvalue weighted by Gasteiger charge is 2.24. The first-order valence-electron chi connectivity index (χ1n) is 8.87. The number of nitrogens with zero attached hydrogens (tertiary/aromatic N) is 4. The molecule has 0 spiro atoms. The number of aryl methyl sites for hydroxylation is 1. The van der Waals surface area contributed by atoms with E-state index in [1.54, 1.807) is 21.7 Å². The highest BCUT2D eigenvalue weighted by molar-refractivity contribution is 6.04. The number of nitrogens with one attached hydrogen (secondary N) is 1. The molecule has 1 aliphatic heterocycles. The van der Waals surface area contributed by atoms with Gasteiger partial charge in [-0.1, -0.05) is 24.8 Å². The summed E-state index contributed by atoms with van der Waals surface area (Å²) < 4.78 is 1.77. The second-order valence-electron chi connectivity index (χ2n) is 6.26. The van der Waals surface area contributed by atoms with E-state index in [2.05, 4.69) is 29.1 Å². The maximum absolute atomic E-state index is 12.7. The molecule has 0 unspecified atom stereocenters. The van der Waals surface area contributed by atoms with Crippen LogP contribution in [0.15, 0.2) is 37.1 Å². The van der Waals surface area contributed by atoms with Crippen LogP contribution in [0.4, 0.5) is 5.69 Å². The summed E-state index contributed by atoms with van der Waals surface area (Å²) in [6, 6.07) is 5.48. The standard InChI is InChI=1S/C19H23N5O2/c1-3-10-23-13-14(21-22-23)12-20-19(26)16-7-5-9-17-15(16)8-6-11-24(17)18(25)4-2/h4-5,7,9,13H,2-3,6,8,10-12H2,1H3,(H,20,26). The first kappa shape index (κ1) is 17.8. The van der Waals surface area contributed by atoms with E-state index in [9.17, 15) is 9.59 Å². The van der Waals surface area contributed by atoms with Crippen molar-refractivity contribution < 1.29 is 9.59 Å². The Morgan fingerprint density at radius 3 is 3.00 bits per heavy atom. The molecule has 0 atom stereocenters. The van der Waals surface area contributed by atoms with Crippen molar-refractivity contribution in [3.63, 3.8) is 0 Å². The quantitative estimate of drug-likeness (QED) is 0.807. The van der Waals surface area contributed by atoms with Gasteiger partial charge in [-0.25, -0.2) is 0 Å². The first-order chi connectivity index (χ1) is 12.6. The average molecular weight is 353 g/mol. The predicted octanol–water partition coefficient (Wildman–Crippen LogP) is 2.08. The monoisotopic (exact) mass is 353 g/mol. The van der Waals surface area contributed by atoms with Crippen molar-refractivity contribution >= 4 is 17.5 Å². The number of hydrogen-bond acceptors (Lipinski definition) is 4. The largest absolute Gasteiger partial charge is 0.346 e. The predicted molar refractivity (Wildman–Crippen MR) is 98.8 cm³/mol. The van der Waals surface area contributed by atoms with E-state index in [-0.39, 0.29) is 11.8 Å². The van der Waals surface area contributed by atoms with Crippen molar-refractivity contribution in [2.45, 2.75) is 39.3 Å². The Balaban J connectivity index is 1.75. The Bertz CT molecular complexity index is 827. The van der Waals surface area contributed by atoms with Crippen LogP contribution in [0.1, 0.15) is 41.4 Å². The van der Waals surface area contributed by atoms with Gasteiger partial charge in [0.25, 0.3) is 5.91 Å². The molecule has 26 heavy (non-hydrogen) atoms. The molecule has 7 heteroatoms. The number of carbonyl (C=O) groups excluding carboxylic acids is 2. The van der Waals surface area contributed by atoms with Crippen LogP contribution in [0, 0.1) is 0 Å². The van der Waals surface area contributed by atoms with Crippen molar-refractivity contribution in [2.75, 3.05) is 11.4 Å². The van der Waals surface area contributed by atoms with Crippen molar-refractivity contribution in [1.82, 2.24) is 20.3 Å². The van der Waals surface area contributed by atoms with Crippen LogP contribution < -0.4 is 10.2 Å². The lowest BCUT2D eigenvalue weighted by Crippen LogP contribution is -2.35. The molecule has 3 rings (SSSR count). The zero-order chi connectivity index (χ0) is 18.5. The van der Waals surface area contributed by atoms with Gasteiger partial charge >= 0.3 is 0 Å². The lowest BCUT2D eigenvalue weighted by Gasteiger charge is -2.29. The summed E-state index contributed by atoms with van der Waals surface area (Å²) in [6.45, 7) is 7.40. The molecule has 7 nitrogen and oxygen atoms in total. The topological polar surface area (TPSA) is 80.1 Å². The van der Waals surface area contributed by atoms with Gasteiger partial charge in [0, 0.05) is 24.3 Å². The Kier molecular flexibility index (Phi) is 5.46. The van der Waals surface area contributed by atoms with Crippen molar-refractivity contribution in [1.29, 1.82) is 0 Å². The SMILES string of the molecule is C=CC(=O)N1CCCc2c(C(=O)NCc3cn(CCC)nn3)cccc21. The van der Waals surface area contributed by atoms with E-state index in [0.717, 1.165) is 42.8 Å². The van der Waals surface area contributed by atoms with Crippen LogP contribution in [0.3, 0.4) is 0 Å². The third kappa shape index (κ3) is 3.66. The normalized spacial score (nSPS) is 13.2. The molecular formula is C19H23N5O2. The molecule has 1 aromatic carbocycles. The van der Waals surface area contributed by atoms with Crippen molar-refractivity contribution in [2.24, 2.45) is 0 Å². The number of rotatable bonds is 6. The molecule has 0 aliphatic carbocycles. The van der Waals surface area contributed by atoms with Gasteiger partial charge in [0.05, 0.1) is 12.7 Å². The Morgan fingerprint density at radius 2 is 2.23 bits per heavy atom. The maximum Gasteiger partial charge on any atom is 0.251 e. The number of benzene rings is 1. The van der Waals surface area contributed by atoms with Crippen molar-refractivity contribution in [3.05, 3.63) is 53.9 Å². The van der Waals surface area contributed by atoms with E-state index in [0.29, 0.717) is 18.7 Å². The molecule has 0 bridgehead atoms. The summed E-state index contributed by atoms with van der Waals surface area (Å²) in [7, 11) is 0. The average Bonchev–Trinajstić information content (AvgIpc) is 3.12. The third-order valence-electron chi connectivity index (χ3n) is 4.40. The number of aromatic nitrogens is 3. The molecule has 1 aliphatic rings. The van der Waals surface area contributed by atoms with Crippen molar-refractivity contribution in [3.8, 4) is 0 Å². The lowest BCUT2D eigenvalue weighted by atomic mass is 9.95. The second-order valence-corrected chi connectivity index (χ2v) is 6.26. The van der Waals surface area contributed by atoms with Gasteiger partial charge in [-0.15, -0.1) is 5.10 Å². The van der Waals surface area contributed by atoms with Crippen LogP contribution in [0.5, 0.6) is 0 Å². The fourth-order valence-corrected chi connectivity index (χ4v) is 3.20. The van der Waals surface area contributed by atoms with Crippen LogP contribution in [-0.4, -0.2) is 33.4 Å². The van der Waals surface area contributed by atoms with Crippen LogP contribution in [0.2, 0.25) is 0 Å². The first-order valence-corrected chi connectivity index (χ1v) is 8.87. The van der Waals surface area contributed by atoms with Gasteiger partial charge in [0.15, 0.2) is 0 Å². The summed E-state index contributed by atoms with van der Waals surface area (Å²) in [6.07, 6.45) is 5.72. The fraction of sp³-hybridized carbons (Fsp3) is 0.368. The summed E-state index contributed by atoms with van der Waals surface area (Å²) in [5.41, 5.74) is 3.02. The molecule has 2 aromatic rings. The van der Waals surface area contributed by atoms with Crippen LogP contribution >= 0.6 is 0 Å². The molecule has 2 amide bonds. The van der Waals surface area contributed by atoms with Crippen LogP contribution in [0.25, 0.3) is 0 Å². The minimum absolute atomic E-state index is 0.143. The molecule has 0 saturated heterocycles. The highest BCUT2D eigenvalue weighted by Crippen LogP contribution is 2.30. The van der Waals surface area contributed by atoms with Gasteiger partial charge in [-0.05, 0) is 43.0 Å². The summed E-state index contributed by atoms with van der Waals surface area (Å²) in [5.74, 6) is -0.309. The van der Waals surface area contributed by atoms with E-state index < -0.39 is 0 Å². The molecule has 0 fully saturated rings. The van der Waals surface area contributed by atoms with Gasteiger partial charge in [0.1, 0.15) is 5.69 Å². The molecule has 1 aromatic heterocycles. The zero-order valence-electron chi connectivity index (χ0n) is 14.9. The van der Waals surface area contributed by atoms with Crippen LogP contribution in [-0.2, 0) is 24.3 Å². The van der Waals surface area contributed by atoms with Gasteiger partial charge < -0.3 is 10.2 Å². The summed E-state index contributed by atoms with van der Waals surface area (Å²) in [5, 5.41) is 11.0. The maximum atomic E-state index is 12.7. The Morgan fingerprint density at radius 1 is 1.38 bits per heavy atom. The fourth-order valence-electron chi connectivity index (χ4n) is 3.20. The lowest BCUT2D eigenvalue weighted by molar-refractivity contribution is -0.114. The molecule has 1 N–H and O–H groups in total. The number of anilines is 1. The summed E-state index contributed by atoms with van der Waals surface area (Å²) >= 11 is 0. The smallest absolute Gasteiger partial charge is 0.251 e. The van der Waals surface area contributed by atoms with E-state index in [4.69, 9.17) is 0 Å². The number of fused-ring (bicyclic) bond motifs is 1. The Hall–Kier alpha value is -2.96.